The van der Waals surface area contributed by atoms with E-state index < -0.39 is 35.2 Å². The minimum absolute atomic E-state index is 0.134. The van der Waals surface area contributed by atoms with E-state index in [0.717, 1.165) is 28.4 Å². The Labute approximate surface area is 157 Å². The van der Waals surface area contributed by atoms with E-state index >= 15 is 0 Å². The summed E-state index contributed by atoms with van der Waals surface area (Å²) < 4.78 is 41.2. The van der Waals surface area contributed by atoms with Crippen molar-refractivity contribution in [3.05, 3.63) is 57.0 Å². The molecule has 0 bridgehead atoms. The molecule has 1 aromatic carbocycles. The van der Waals surface area contributed by atoms with Crippen LogP contribution in [0.3, 0.4) is 0 Å². The van der Waals surface area contributed by atoms with Crippen LogP contribution in [0.25, 0.3) is 0 Å². The number of likely N-dealkylation sites (N-methyl/N-ethyl adjacent to an activating group) is 1. The number of alkyl halides is 2. The number of carbonyl (C=O) groups is 1. The highest BCUT2D eigenvalue weighted by Gasteiger charge is 2.41. The van der Waals surface area contributed by atoms with Crippen LogP contribution in [-0.2, 0) is 10.7 Å². The van der Waals surface area contributed by atoms with Crippen molar-refractivity contribution < 1.29 is 18.0 Å². The monoisotopic (exact) mass is 392 g/mol. The van der Waals surface area contributed by atoms with Gasteiger partial charge in [0.15, 0.2) is 5.96 Å². The van der Waals surface area contributed by atoms with Gasteiger partial charge in [-0.25, -0.2) is 13.2 Å². The van der Waals surface area contributed by atoms with E-state index in [9.17, 15) is 18.0 Å². The number of nitrogens with one attached hydrogen (secondary N) is 2. The first-order valence-corrected chi connectivity index (χ1v) is 8.75. The summed E-state index contributed by atoms with van der Waals surface area (Å²) in [6.45, 7) is 0.603. The Morgan fingerprint density at radius 2 is 2.04 bits per heavy atom. The van der Waals surface area contributed by atoms with Crippen LogP contribution in [0.15, 0.2) is 30.3 Å². The molecule has 0 saturated carbocycles. The molecular weight excluding hydrogens is 377 g/mol. The number of benzene rings is 1. The van der Waals surface area contributed by atoms with Gasteiger partial charge in [0.1, 0.15) is 16.8 Å². The topological polar surface area (TPSA) is 80.0 Å². The largest absolute Gasteiger partial charge is 0.347 e. The number of halogens is 3. The zero-order valence-electron chi connectivity index (χ0n) is 14.4. The van der Waals surface area contributed by atoms with Gasteiger partial charge in [-0.2, -0.15) is 5.26 Å². The predicted molar refractivity (Wildman–Crippen MR) is 94.1 cm³/mol. The van der Waals surface area contributed by atoms with Crippen LogP contribution in [0.1, 0.15) is 39.8 Å². The second kappa shape index (κ2) is 6.70. The highest BCUT2D eigenvalue weighted by atomic mass is 32.1. The van der Waals surface area contributed by atoms with E-state index in [1.807, 2.05) is 6.07 Å². The van der Waals surface area contributed by atoms with Crippen molar-refractivity contribution in [3.63, 3.8) is 0 Å². The number of guanidine groups is 1. The Morgan fingerprint density at radius 3 is 2.59 bits per heavy atom. The molecule has 0 aliphatic carbocycles. The van der Waals surface area contributed by atoms with E-state index in [1.54, 1.807) is 12.1 Å². The number of nitrogens with zero attached hydrogens (tertiary/aromatic N) is 2. The number of nitriles is 1. The van der Waals surface area contributed by atoms with Gasteiger partial charge in [0.2, 0.25) is 5.91 Å². The van der Waals surface area contributed by atoms with Crippen LogP contribution in [0.5, 0.6) is 0 Å². The number of carbonyl (C=O) groups excluding carboxylic acids is 1. The highest BCUT2D eigenvalue weighted by molar-refractivity contribution is 7.12. The second-order valence-corrected chi connectivity index (χ2v) is 7.40. The molecule has 0 radical (unpaired) electrons. The Morgan fingerprint density at radius 1 is 1.33 bits per heavy atom. The molecule has 9 heteroatoms. The average Bonchev–Trinajstić information content (AvgIpc) is 3.07. The van der Waals surface area contributed by atoms with Crippen molar-refractivity contribution in [3.8, 4) is 6.07 Å². The zero-order valence-corrected chi connectivity index (χ0v) is 15.2. The summed E-state index contributed by atoms with van der Waals surface area (Å²) in [5.74, 6) is -5.97. The molecule has 0 unspecified atom stereocenters. The maximum Gasteiger partial charge on any atom is 0.273 e. The van der Waals surface area contributed by atoms with Crippen LogP contribution >= 0.6 is 11.3 Å². The maximum absolute atomic E-state index is 14.3. The molecule has 1 aromatic heterocycles. The number of rotatable bonds is 3. The third kappa shape index (κ3) is 3.40. The van der Waals surface area contributed by atoms with Gasteiger partial charge in [-0.05, 0) is 29.8 Å². The van der Waals surface area contributed by atoms with Gasteiger partial charge >= 0.3 is 0 Å². The number of hydrogen-bond acceptors (Lipinski definition) is 4. The molecule has 1 amide bonds. The van der Waals surface area contributed by atoms with E-state index in [1.165, 1.54) is 13.1 Å². The molecule has 27 heavy (non-hydrogen) atoms. The van der Waals surface area contributed by atoms with Gasteiger partial charge in [0.05, 0.1) is 17.5 Å². The lowest BCUT2D eigenvalue weighted by Crippen LogP contribution is -2.53. The molecule has 1 aliphatic heterocycles. The van der Waals surface area contributed by atoms with Gasteiger partial charge in [-0.15, -0.1) is 11.3 Å². The van der Waals surface area contributed by atoms with Gasteiger partial charge < -0.3 is 5.32 Å². The van der Waals surface area contributed by atoms with Gasteiger partial charge in [0, 0.05) is 18.8 Å². The van der Waals surface area contributed by atoms with Crippen LogP contribution in [0.2, 0.25) is 0 Å². The number of thiophene rings is 1. The fourth-order valence-corrected chi connectivity index (χ4v) is 3.91. The summed E-state index contributed by atoms with van der Waals surface area (Å²) in [6, 6.07) is 7.76. The summed E-state index contributed by atoms with van der Waals surface area (Å²) in [6.07, 6.45) is 0. The van der Waals surface area contributed by atoms with Crippen LogP contribution in [0, 0.1) is 22.6 Å². The Hall–Kier alpha value is -2.86. The average molecular weight is 392 g/mol. The van der Waals surface area contributed by atoms with Crippen molar-refractivity contribution in [2.45, 2.75) is 24.8 Å². The van der Waals surface area contributed by atoms with Crippen molar-refractivity contribution in [2.24, 2.45) is 0 Å². The summed E-state index contributed by atoms with van der Waals surface area (Å²) in [5, 5.41) is 19.8. The predicted octanol–water partition coefficient (Wildman–Crippen LogP) is 3.69. The minimum Gasteiger partial charge on any atom is -0.347 e. The van der Waals surface area contributed by atoms with Crippen molar-refractivity contribution >= 4 is 23.2 Å². The number of hydrogen-bond donors (Lipinski definition) is 2. The molecule has 140 valence electrons. The first-order chi connectivity index (χ1) is 12.6. The summed E-state index contributed by atoms with van der Waals surface area (Å²) in [5.41, 5.74) is -0.530. The first-order valence-electron chi connectivity index (χ1n) is 7.93. The first kappa shape index (κ1) is 18.9. The smallest absolute Gasteiger partial charge is 0.273 e. The lowest BCUT2D eigenvalue weighted by Gasteiger charge is -2.37. The van der Waals surface area contributed by atoms with E-state index in [2.05, 4.69) is 5.32 Å². The Kier molecular flexibility index (Phi) is 4.70. The molecule has 0 spiro atoms. The van der Waals surface area contributed by atoms with E-state index in [-0.39, 0.29) is 11.5 Å². The molecule has 2 N–H and O–H groups in total. The van der Waals surface area contributed by atoms with Crippen LogP contribution in [-0.4, -0.2) is 23.8 Å². The quantitative estimate of drug-likeness (QED) is 0.836. The van der Waals surface area contributed by atoms with Crippen LogP contribution < -0.4 is 5.32 Å². The lowest BCUT2D eigenvalue weighted by molar-refractivity contribution is -0.130. The molecule has 2 aromatic rings. The van der Waals surface area contributed by atoms with Gasteiger partial charge in [-0.1, -0.05) is 6.07 Å². The summed E-state index contributed by atoms with van der Waals surface area (Å²) in [4.78, 5) is 14.9. The van der Waals surface area contributed by atoms with E-state index in [4.69, 9.17) is 10.7 Å². The van der Waals surface area contributed by atoms with E-state index in [0.29, 0.717) is 16.7 Å². The van der Waals surface area contributed by atoms with Gasteiger partial charge in [0.25, 0.3) is 5.92 Å². The fourth-order valence-electron chi connectivity index (χ4n) is 3.02. The number of amides is 1. The summed E-state index contributed by atoms with van der Waals surface area (Å²) in [7, 11) is 1.40. The Bertz CT molecular complexity index is 960. The van der Waals surface area contributed by atoms with Crippen molar-refractivity contribution in [1.29, 1.82) is 10.7 Å². The normalized spacial score (nSPS) is 20.4. The Balaban J connectivity index is 2.08. The molecular formula is C18H15F3N4OS. The third-order valence-electron chi connectivity index (χ3n) is 4.43. The summed E-state index contributed by atoms with van der Waals surface area (Å²) >= 11 is 1.15. The SMILES string of the molecule is CN1C(=N)N[C@H](c2ccc(C#N)s2)[C@@H](c2ccc(C(C)(F)F)c(F)c2)C1=O. The second-order valence-electron chi connectivity index (χ2n) is 6.29. The molecule has 1 aliphatic rings. The van der Waals surface area contributed by atoms with Crippen molar-refractivity contribution in [2.75, 3.05) is 7.05 Å². The molecule has 2 atom stereocenters. The minimum atomic E-state index is -3.34. The highest BCUT2D eigenvalue weighted by Crippen LogP contribution is 2.39. The standard InChI is InChI=1S/C18H15F3N4OS/c1-18(20,21)11-5-3-9(7-12(11)19)14-15(13-6-4-10(8-22)27-13)24-17(23)25(2)16(14)26/h3-7,14-15H,1-2H3,(H2,23,24)/t14-,15-/m1/s1. The molecule has 3 rings (SSSR count). The maximum atomic E-state index is 14.3. The lowest BCUT2D eigenvalue weighted by atomic mass is 9.86. The molecule has 5 nitrogen and oxygen atoms in total. The molecule has 1 saturated heterocycles. The van der Waals surface area contributed by atoms with Crippen LogP contribution in [0.4, 0.5) is 13.2 Å². The zero-order chi connectivity index (χ0) is 19.9. The third-order valence-corrected chi connectivity index (χ3v) is 5.50. The molecule has 2 heterocycles. The van der Waals surface area contributed by atoms with Gasteiger partial charge in [-0.3, -0.25) is 15.1 Å². The fraction of sp³-hybridized carbons (Fsp3) is 0.278. The van der Waals surface area contributed by atoms with Crippen molar-refractivity contribution in [1.82, 2.24) is 10.2 Å². The molecule has 1 fully saturated rings.